The molecule has 0 aliphatic heterocycles. The summed E-state index contributed by atoms with van der Waals surface area (Å²) in [5.74, 6) is -0.0812. The van der Waals surface area contributed by atoms with E-state index >= 15 is 0 Å². The molecule has 0 bridgehead atoms. The van der Waals surface area contributed by atoms with E-state index in [4.69, 9.17) is 0 Å². The summed E-state index contributed by atoms with van der Waals surface area (Å²) in [5, 5.41) is 16.5. The molecule has 110 valence electrons. The van der Waals surface area contributed by atoms with Crippen LogP contribution in [0.2, 0.25) is 0 Å². The number of benzene rings is 1. The predicted octanol–water partition coefficient (Wildman–Crippen LogP) is 1.99. The van der Waals surface area contributed by atoms with Crippen LogP contribution >= 0.6 is 0 Å². The fourth-order valence-electron chi connectivity index (χ4n) is 1.61. The third-order valence-corrected chi connectivity index (χ3v) is 3.10. The van der Waals surface area contributed by atoms with Gasteiger partial charge in [0, 0.05) is 24.2 Å². The van der Waals surface area contributed by atoms with Gasteiger partial charge in [0.2, 0.25) is 5.91 Å². The van der Waals surface area contributed by atoms with Gasteiger partial charge in [0.05, 0.1) is 11.5 Å². The monoisotopic (exact) mass is 279 g/mol. The van der Waals surface area contributed by atoms with Crippen molar-refractivity contribution < 1.29 is 9.72 Å². The van der Waals surface area contributed by atoms with Crippen LogP contribution < -0.4 is 10.6 Å². The van der Waals surface area contributed by atoms with Crippen molar-refractivity contribution in [2.45, 2.75) is 39.3 Å². The topological polar surface area (TPSA) is 84.3 Å². The van der Waals surface area contributed by atoms with E-state index in [1.165, 1.54) is 12.1 Å². The average Bonchev–Trinajstić information content (AvgIpc) is 2.38. The normalized spacial score (nSPS) is 11.2. The van der Waals surface area contributed by atoms with Crippen molar-refractivity contribution in [1.29, 1.82) is 0 Å². The number of non-ortho nitro benzene ring substituents is 1. The molecular formula is C14H21N3O3. The molecule has 0 unspecified atom stereocenters. The maximum Gasteiger partial charge on any atom is 0.269 e. The average molecular weight is 279 g/mol. The Kier molecular flexibility index (Phi) is 5.64. The van der Waals surface area contributed by atoms with Crippen molar-refractivity contribution in [3.8, 4) is 0 Å². The van der Waals surface area contributed by atoms with Gasteiger partial charge in [-0.25, -0.2) is 0 Å². The van der Waals surface area contributed by atoms with E-state index in [-0.39, 0.29) is 23.7 Å². The first-order valence-corrected chi connectivity index (χ1v) is 6.59. The van der Waals surface area contributed by atoms with Crippen LogP contribution in [0.3, 0.4) is 0 Å². The maximum absolute atomic E-state index is 11.7. The molecule has 0 saturated carbocycles. The molecule has 1 aromatic rings. The first kappa shape index (κ1) is 16.1. The molecule has 1 amide bonds. The van der Waals surface area contributed by atoms with Gasteiger partial charge in [0.15, 0.2) is 0 Å². The number of nitrogens with one attached hydrogen (secondary N) is 2. The van der Waals surface area contributed by atoms with Crippen molar-refractivity contribution >= 4 is 11.6 Å². The number of nitrogens with zero attached hydrogens (tertiary/aromatic N) is 1. The van der Waals surface area contributed by atoms with Gasteiger partial charge in [-0.05, 0) is 25.8 Å². The Morgan fingerprint density at radius 3 is 2.70 bits per heavy atom. The molecule has 0 aromatic heterocycles. The van der Waals surface area contributed by atoms with E-state index in [0.717, 1.165) is 12.0 Å². The second-order valence-corrected chi connectivity index (χ2v) is 5.32. The summed E-state index contributed by atoms with van der Waals surface area (Å²) in [5.41, 5.74) is 0.618. The summed E-state index contributed by atoms with van der Waals surface area (Å²) >= 11 is 0. The third kappa shape index (κ3) is 5.36. The van der Waals surface area contributed by atoms with Crippen molar-refractivity contribution in [1.82, 2.24) is 10.6 Å². The van der Waals surface area contributed by atoms with Crippen molar-refractivity contribution in [3.63, 3.8) is 0 Å². The van der Waals surface area contributed by atoms with Gasteiger partial charge in [0.1, 0.15) is 0 Å². The van der Waals surface area contributed by atoms with E-state index in [1.807, 2.05) is 20.8 Å². The lowest BCUT2D eigenvalue weighted by Crippen LogP contribution is -2.46. The fraction of sp³-hybridized carbons (Fsp3) is 0.500. The third-order valence-electron chi connectivity index (χ3n) is 3.10. The molecule has 0 aliphatic carbocycles. The minimum atomic E-state index is -0.431. The smallest absolute Gasteiger partial charge is 0.269 e. The molecule has 0 fully saturated rings. The number of nitro benzene ring substituents is 1. The Bertz CT molecular complexity index is 486. The summed E-state index contributed by atoms with van der Waals surface area (Å²) in [6, 6.07) is 6.37. The van der Waals surface area contributed by atoms with E-state index in [0.29, 0.717) is 6.54 Å². The van der Waals surface area contributed by atoms with Gasteiger partial charge >= 0.3 is 0 Å². The summed E-state index contributed by atoms with van der Waals surface area (Å²) in [6.45, 7) is 6.54. The Balaban J connectivity index is 2.43. The van der Waals surface area contributed by atoms with Crippen LogP contribution in [0.1, 0.15) is 32.8 Å². The largest absolute Gasteiger partial charge is 0.350 e. The minimum Gasteiger partial charge on any atom is -0.350 e. The molecule has 6 nitrogen and oxygen atoms in total. The number of rotatable bonds is 7. The number of nitro groups is 1. The molecule has 0 atom stereocenters. The Hall–Kier alpha value is -1.95. The van der Waals surface area contributed by atoms with Crippen LogP contribution in [0.5, 0.6) is 0 Å². The number of amides is 1. The van der Waals surface area contributed by atoms with Crippen LogP contribution in [0.4, 0.5) is 5.69 Å². The van der Waals surface area contributed by atoms with Gasteiger partial charge in [0.25, 0.3) is 5.69 Å². The molecule has 6 heteroatoms. The SMILES string of the molecule is CCC(C)(C)NC(=O)CNCc1cccc([N+](=O)[O-])c1. The van der Waals surface area contributed by atoms with Gasteiger partial charge in [-0.2, -0.15) is 0 Å². The Morgan fingerprint density at radius 2 is 2.10 bits per heavy atom. The zero-order valence-corrected chi connectivity index (χ0v) is 12.1. The Morgan fingerprint density at radius 1 is 1.40 bits per heavy atom. The standard InChI is InChI=1S/C14H21N3O3/c1-4-14(2,3)16-13(18)10-15-9-11-6-5-7-12(8-11)17(19)20/h5-8,15H,4,9-10H2,1-3H3,(H,16,18). The summed E-state index contributed by atoms with van der Waals surface area (Å²) in [4.78, 5) is 21.9. The number of hydrogen-bond donors (Lipinski definition) is 2. The zero-order valence-electron chi connectivity index (χ0n) is 12.1. The van der Waals surface area contributed by atoms with Crippen LogP contribution in [0.25, 0.3) is 0 Å². The molecule has 0 spiro atoms. The Labute approximate surface area is 118 Å². The molecular weight excluding hydrogens is 258 g/mol. The quantitative estimate of drug-likeness (QED) is 0.590. The predicted molar refractivity (Wildman–Crippen MR) is 77.3 cm³/mol. The van der Waals surface area contributed by atoms with Crippen LogP contribution in [-0.4, -0.2) is 22.9 Å². The highest BCUT2D eigenvalue weighted by Crippen LogP contribution is 2.12. The summed E-state index contributed by atoms with van der Waals surface area (Å²) in [7, 11) is 0. The van der Waals surface area contributed by atoms with Crippen molar-refractivity contribution in [3.05, 3.63) is 39.9 Å². The molecule has 1 aromatic carbocycles. The summed E-state index contributed by atoms with van der Waals surface area (Å²) in [6.07, 6.45) is 0.851. The van der Waals surface area contributed by atoms with Crippen LogP contribution in [0, 0.1) is 10.1 Å². The molecule has 0 heterocycles. The molecule has 1 rings (SSSR count). The van der Waals surface area contributed by atoms with E-state index in [9.17, 15) is 14.9 Å². The molecule has 2 N–H and O–H groups in total. The van der Waals surface area contributed by atoms with Crippen molar-refractivity contribution in [2.24, 2.45) is 0 Å². The lowest BCUT2D eigenvalue weighted by atomic mass is 10.0. The lowest BCUT2D eigenvalue weighted by molar-refractivity contribution is -0.384. The van der Waals surface area contributed by atoms with Gasteiger partial charge in [-0.3, -0.25) is 14.9 Å². The number of carbonyl (C=O) groups is 1. The number of carbonyl (C=O) groups excluding carboxylic acids is 1. The fourth-order valence-corrected chi connectivity index (χ4v) is 1.61. The highest BCUT2D eigenvalue weighted by molar-refractivity contribution is 5.78. The lowest BCUT2D eigenvalue weighted by Gasteiger charge is -2.24. The summed E-state index contributed by atoms with van der Waals surface area (Å²) < 4.78 is 0. The molecule has 20 heavy (non-hydrogen) atoms. The second-order valence-electron chi connectivity index (χ2n) is 5.32. The first-order valence-electron chi connectivity index (χ1n) is 6.59. The first-order chi connectivity index (χ1) is 9.34. The van der Waals surface area contributed by atoms with E-state index in [1.54, 1.807) is 12.1 Å². The highest BCUT2D eigenvalue weighted by Gasteiger charge is 2.17. The van der Waals surface area contributed by atoms with Crippen LogP contribution in [-0.2, 0) is 11.3 Å². The van der Waals surface area contributed by atoms with E-state index < -0.39 is 4.92 Å². The molecule has 0 radical (unpaired) electrons. The number of hydrogen-bond acceptors (Lipinski definition) is 4. The molecule has 0 aliphatic rings. The molecule has 0 saturated heterocycles. The van der Waals surface area contributed by atoms with Gasteiger partial charge in [-0.15, -0.1) is 0 Å². The highest BCUT2D eigenvalue weighted by atomic mass is 16.6. The van der Waals surface area contributed by atoms with Gasteiger partial charge in [-0.1, -0.05) is 19.1 Å². The zero-order chi connectivity index (χ0) is 15.2. The van der Waals surface area contributed by atoms with Crippen molar-refractivity contribution in [2.75, 3.05) is 6.54 Å². The minimum absolute atomic E-state index is 0.0564. The second kappa shape index (κ2) is 7.00. The maximum atomic E-state index is 11.7. The van der Waals surface area contributed by atoms with Crippen LogP contribution in [0.15, 0.2) is 24.3 Å². The van der Waals surface area contributed by atoms with Gasteiger partial charge < -0.3 is 10.6 Å². The van der Waals surface area contributed by atoms with E-state index in [2.05, 4.69) is 10.6 Å².